The first-order chi connectivity index (χ1) is 13.3. The van der Waals surface area contributed by atoms with Crippen LogP contribution in [0.15, 0.2) is 34.3 Å². The highest BCUT2D eigenvalue weighted by Crippen LogP contribution is 2.27. The Balaban J connectivity index is 1.72. The number of nitrogens with one attached hydrogen (secondary N) is 1. The average molecular weight is 441 g/mol. The summed E-state index contributed by atoms with van der Waals surface area (Å²) < 4.78 is 31.8. The van der Waals surface area contributed by atoms with E-state index in [1.165, 1.54) is 29.4 Å². The maximum absolute atomic E-state index is 13.0. The molecule has 0 aliphatic carbocycles. The molecule has 1 aliphatic heterocycles. The minimum absolute atomic E-state index is 0.0320. The predicted octanol–water partition coefficient (Wildman–Crippen LogP) is 3.22. The predicted molar refractivity (Wildman–Crippen MR) is 113 cm³/mol. The lowest BCUT2D eigenvalue weighted by atomic mass is 9.94. The van der Waals surface area contributed by atoms with Crippen LogP contribution in [0.3, 0.4) is 0 Å². The molecule has 1 N–H and O–H groups in total. The van der Waals surface area contributed by atoms with Gasteiger partial charge in [0.05, 0.1) is 11.4 Å². The van der Waals surface area contributed by atoms with Crippen molar-refractivity contribution in [2.45, 2.75) is 30.3 Å². The van der Waals surface area contributed by atoms with E-state index >= 15 is 0 Å². The van der Waals surface area contributed by atoms with Crippen LogP contribution >= 0.6 is 23.3 Å². The Hall–Kier alpha value is -1.49. The number of thioether (sulfide) groups is 1. The fraction of sp³-hybridized carbons (Fsp3) is 0.500. The van der Waals surface area contributed by atoms with E-state index in [9.17, 15) is 13.2 Å². The molecule has 10 heteroatoms. The average Bonchev–Trinajstić information content (AvgIpc) is 3.13. The van der Waals surface area contributed by atoms with Crippen molar-refractivity contribution < 1.29 is 13.2 Å². The van der Waals surface area contributed by atoms with Crippen LogP contribution in [-0.2, 0) is 10.0 Å². The molecule has 2 atom stereocenters. The van der Waals surface area contributed by atoms with Crippen LogP contribution in [0, 0.1) is 11.8 Å². The molecule has 7 nitrogen and oxygen atoms in total. The molecule has 2 aromatic rings. The maximum Gasteiger partial charge on any atom is 0.243 e. The number of nitrogens with zero attached hydrogens (tertiary/aromatic N) is 3. The van der Waals surface area contributed by atoms with E-state index in [1.807, 2.05) is 6.26 Å². The van der Waals surface area contributed by atoms with Crippen LogP contribution < -0.4 is 5.32 Å². The van der Waals surface area contributed by atoms with Gasteiger partial charge in [-0.25, -0.2) is 8.42 Å². The summed E-state index contributed by atoms with van der Waals surface area (Å²) in [6, 6.07) is 6.28. The van der Waals surface area contributed by atoms with Crippen molar-refractivity contribution in [2.24, 2.45) is 11.8 Å². The molecule has 2 heterocycles. The molecular formula is C18H24N4O3S3. The number of benzene rings is 1. The van der Waals surface area contributed by atoms with Crippen molar-refractivity contribution in [1.29, 1.82) is 0 Å². The van der Waals surface area contributed by atoms with Crippen LogP contribution in [0.4, 0.5) is 5.13 Å². The lowest BCUT2D eigenvalue weighted by Gasteiger charge is -2.34. The number of carbonyl (C=O) groups excluding carboxylic acids is 1. The number of piperidine rings is 1. The Bertz CT molecular complexity index is 935. The first-order valence-corrected chi connectivity index (χ1v) is 12.5. The summed E-state index contributed by atoms with van der Waals surface area (Å²) in [5.74, 6) is 0.453. The molecule has 0 amide bonds. The van der Waals surface area contributed by atoms with Crippen LogP contribution in [0.5, 0.6) is 0 Å². The number of Topliss-reactive ketones (excluding diaryl/α,β-unsaturated/α-hetero) is 1. The van der Waals surface area contributed by atoms with E-state index in [1.54, 1.807) is 22.5 Å². The zero-order chi connectivity index (χ0) is 20.3. The third kappa shape index (κ3) is 4.91. The maximum atomic E-state index is 13.0. The van der Waals surface area contributed by atoms with Crippen molar-refractivity contribution in [3.8, 4) is 0 Å². The van der Waals surface area contributed by atoms with Gasteiger partial charge in [-0.15, -0.1) is 0 Å². The molecule has 1 aliphatic rings. The van der Waals surface area contributed by atoms with Gasteiger partial charge in [0.1, 0.15) is 0 Å². The molecule has 1 fully saturated rings. The fourth-order valence-electron chi connectivity index (χ4n) is 3.40. The van der Waals surface area contributed by atoms with Crippen LogP contribution in [0.25, 0.3) is 0 Å². The molecule has 0 radical (unpaired) electrons. The number of anilines is 1. The first-order valence-electron chi connectivity index (χ1n) is 9.04. The normalized spacial score (nSPS) is 20.8. The minimum atomic E-state index is -3.61. The van der Waals surface area contributed by atoms with Gasteiger partial charge in [-0.2, -0.15) is 13.7 Å². The van der Waals surface area contributed by atoms with Crippen molar-refractivity contribution in [2.75, 3.05) is 31.2 Å². The monoisotopic (exact) mass is 440 g/mol. The van der Waals surface area contributed by atoms with E-state index < -0.39 is 10.0 Å². The van der Waals surface area contributed by atoms with Gasteiger partial charge in [0.2, 0.25) is 20.3 Å². The Morgan fingerprint density at radius 1 is 1.32 bits per heavy atom. The number of carbonyl (C=O) groups is 1. The SMILES string of the molecule is CSc1nsc(NCC(=O)c2cccc(S(=O)(=O)N3CC(C)CC(C)C3)c2)n1. The molecule has 1 aromatic carbocycles. The molecule has 2 unspecified atom stereocenters. The summed E-state index contributed by atoms with van der Waals surface area (Å²) in [5.41, 5.74) is 0.362. The Morgan fingerprint density at radius 2 is 2.04 bits per heavy atom. The van der Waals surface area contributed by atoms with E-state index in [2.05, 4.69) is 28.5 Å². The molecule has 1 aromatic heterocycles. The number of ketones is 1. The second-order valence-electron chi connectivity index (χ2n) is 7.16. The fourth-order valence-corrected chi connectivity index (χ4v) is 6.25. The van der Waals surface area contributed by atoms with E-state index in [4.69, 9.17) is 0 Å². The van der Waals surface area contributed by atoms with E-state index in [-0.39, 0.29) is 17.2 Å². The second kappa shape index (κ2) is 8.89. The van der Waals surface area contributed by atoms with Gasteiger partial charge < -0.3 is 5.32 Å². The van der Waals surface area contributed by atoms with Crippen molar-refractivity contribution in [1.82, 2.24) is 13.7 Å². The summed E-state index contributed by atoms with van der Waals surface area (Å²) in [4.78, 5) is 16.9. The summed E-state index contributed by atoms with van der Waals surface area (Å²) in [7, 11) is -3.61. The van der Waals surface area contributed by atoms with E-state index in [0.717, 1.165) is 6.42 Å². The third-order valence-electron chi connectivity index (χ3n) is 4.62. The topological polar surface area (TPSA) is 92.3 Å². The zero-order valence-corrected chi connectivity index (χ0v) is 18.5. The number of sulfonamides is 1. The lowest BCUT2D eigenvalue weighted by molar-refractivity contribution is 0.101. The molecular weight excluding hydrogens is 416 g/mol. The molecule has 0 bridgehead atoms. The van der Waals surface area contributed by atoms with Gasteiger partial charge in [0.25, 0.3) is 0 Å². The van der Waals surface area contributed by atoms with Crippen LogP contribution in [0.1, 0.15) is 30.6 Å². The van der Waals surface area contributed by atoms with Gasteiger partial charge >= 0.3 is 0 Å². The quantitative estimate of drug-likeness (QED) is 0.522. The largest absolute Gasteiger partial charge is 0.353 e. The lowest BCUT2D eigenvalue weighted by Crippen LogP contribution is -2.42. The smallest absolute Gasteiger partial charge is 0.243 e. The summed E-state index contributed by atoms with van der Waals surface area (Å²) in [6.07, 6.45) is 2.91. The standard InChI is InChI=1S/C18H24N4O3S3/c1-12-7-13(2)11-22(10-12)28(24,25)15-6-4-5-14(8-15)16(23)9-19-17-20-18(26-3)21-27-17/h4-6,8,12-13H,7,9-11H2,1-3H3,(H,19,20,21). The van der Waals surface area contributed by atoms with Crippen LogP contribution in [0.2, 0.25) is 0 Å². The molecule has 152 valence electrons. The van der Waals surface area contributed by atoms with Crippen molar-refractivity contribution in [3.05, 3.63) is 29.8 Å². The first kappa shape index (κ1) is 21.2. The van der Waals surface area contributed by atoms with Gasteiger partial charge in [0.15, 0.2) is 5.78 Å². The minimum Gasteiger partial charge on any atom is -0.353 e. The van der Waals surface area contributed by atoms with Crippen molar-refractivity contribution >= 4 is 44.2 Å². The van der Waals surface area contributed by atoms with Crippen LogP contribution in [-0.4, -0.2) is 53.8 Å². The molecule has 3 rings (SSSR count). The van der Waals surface area contributed by atoms with Crippen molar-refractivity contribution in [3.63, 3.8) is 0 Å². The Morgan fingerprint density at radius 3 is 2.68 bits per heavy atom. The number of hydrogen-bond donors (Lipinski definition) is 1. The van der Waals surface area contributed by atoms with Gasteiger partial charge in [-0.3, -0.25) is 4.79 Å². The highest BCUT2D eigenvalue weighted by molar-refractivity contribution is 7.98. The second-order valence-corrected chi connectivity index (χ2v) is 10.6. The summed E-state index contributed by atoms with van der Waals surface area (Å²) in [5, 5.41) is 4.17. The van der Waals surface area contributed by atoms with Gasteiger partial charge in [-0.05, 0) is 36.6 Å². The number of hydrogen-bond acceptors (Lipinski definition) is 8. The zero-order valence-electron chi connectivity index (χ0n) is 16.1. The number of rotatable bonds is 7. The molecule has 0 spiro atoms. The highest BCUT2D eigenvalue weighted by atomic mass is 32.2. The Kier molecular flexibility index (Phi) is 6.74. The molecule has 0 saturated carbocycles. The van der Waals surface area contributed by atoms with E-state index in [0.29, 0.717) is 40.8 Å². The summed E-state index contributed by atoms with van der Waals surface area (Å²) in [6.45, 7) is 5.20. The van der Waals surface area contributed by atoms with Gasteiger partial charge in [0, 0.05) is 30.2 Å². The molecule has 28 heavy (non-hydrogen) atoms. The number of aromatic nitrogens is 2. The highest BCUT2D eigenvalue weighted by Gasteiger charge is 2.31. The third-order valence-corrected chi connectivity index (χ3v) is 7.78. The summed E-state index contributed by atoms with van der Waals surface area (Å²) >= 11 is 2.62. The Labute approximate surface area is 174 Å². The molecule has 1 saturated heterocycles. The van der Waals surface area contributed by atoms with Gasteiger partial charge in [-0.1, -0.05) is 37.7 Å².